The summed E-state index contributed by atoms with van der Waals surface area (Å²) < 4.78 is 5.27. The van der Waals surface area contributed by atoms with Gasteiger partial charge in [0.2, 0.25) is 17.6 Å². The van der Waals surface area contributed by atoms with Gasteiger partial charge in [0.05, 0.1) is 10.6 Å². The van der Waals surface area contributed by atoms with Gasteiger partial charge >= 0.3 is 0 Å². The number of benzene rings is 1. The van der Waals surface area contributed by atoms with Crippen molar-refractivity contribution >= 4 is 34.7 Å². The molecule has 0 aliphatic rings. The minimum Gasteiger partial charge on any atom is -0.338 e. The van der Waals surface area contributed by atoms with E-state index in [0.29, 0.717) is 23.9 Å². The Bertz CT molecular complexity index is 839. The molecule has 1 N–H and O–H groups in total. The molecule has 0 fully saturated rings. The van der Waals surface area contributed by atoms with Crippen molar-refractivity contribution < 1.29 is 9.32 Å². The Morgan fingerprint density at radius 3 is 2.77 bits per heavy atom. The van der Waals surface area contributed by atoms with E-state index >= 15 is 0 Å². The molecule has 1 aromatic carbocycles. The summed E-state index contributed by atoms with van der Waals surface area (Å²) >= 11 is 3.29. The number of hydrogen-bond donors (Lipinski definition) is 1. The number of hydrogen-bond acceptors (Lipinski definition) is 6. The second-order valence-corrected chi connectivity index (χ2v) is 8.01. The standard InChI is InChI=1S/C19H21N3O2S2/c1-13-6-3-7-14(2)18(13)20-16(23)9-5-10-25-12-17-21-19(22-24-17)15-8-4-11-26-15/h3-4,6-8,11H,5,9-10,12H2,1-2H3,(H,20,23). The van der Waals surface area contributed by atoms with Crippen molar-refractivity contribution in [1.29, 1.82) is 0 Å². The van der Waals surface area contributed by atoms with Gasteiger partial charge in [0.25, 0.3) is 0 Å². The predicted octanol–water partition coefficient (Wildman–Crippen LogP) is 5.07. The molecule has 0 saturated heterocycles. The topological polar surface area (TPSA) is 68.0 Å². The third kappa shape index (κ3) is 4.95. The molecule has 3 aromatic rings. The van der Waals surface area contributed by atoms with Crippen LogP contribution < -0.4 is 5.32 Å². The Hall–Kier alpha value is -2.12. The van der Waals surface area contributed by atoms with Crippen LogP contribution in [0.15, 0.2) is 40.2 Å². The number of aryl methyl sites for hydroxylation is 2. The lowest BCUT2D eigenvalue weighted by Gasteiger charge is -2.11. The molecule has 0 aliphatic carbocycles. The molecule has 0 spiro atoms. The lowest BCUT2D eigenvalue weighted by molar-refractivity contribution is -0.116. The average Bonchev–Trinajstić information content (AvgIpc) is 3.29. The smallest absolute Gasteiger partial charge is 0.236 e. The van der Waals surface area contributed by atoms with E-state index in [2.05, 4.69) is 15.5 Å². The first-order valence-electron chi connectivity index (χ1n) is 8.44. The van der Waals surface area contributed by atoms with Crippen LogP contribution in [0, 0.1) is 13.8 Å². The van der Waals surface area contributed by atoms with E-state index in [0.717, 1.165) is 33.9 Å². The lowest BCUT2D eigenvalue weighted by Crippen LogP contribution is -2.13. The quantitative estimate of drug-likeness (QED) is 0.547. The summed E-state index contributed by atoms with van der Waals surface area (Å²) in [5.74, 6) is 2.86. The number of para-hydroxylation sites is 1. The molecule has 5 nitrogen and oxygen atoms in total. The number of carbonyl (C=O) groups excluding carboxylic acids is 1. The number of thioether (sulfide) groups is 1. The fourth-order valence-corrected chi connectivity index (χ4v) is 3.96. The van der Waals surface area contributed by atoms with Crippen LogP contribution in [0.4, 0.5) is 5.69 Å². The Morgan fingerprint density at radius 1 is 1.23 bits per heavy atom. The van der Waals surface area contributed by atoms with Crippen molar-refractivity contribution in [3.8, 4) is 10.7 Å². The zero-order chi connectivity index (χ0) is 18.4. The highest BCUT2D eigenvalue weighted by atomic mass is 32.2. The van der Waals surface area contributed by atoms with Gasteiger partial charge in [-0.3, -0.25) is 4.79 Å². The Morgan fingerprint density at radius 2 is 2.04 bits per heavy atom. The van der Waals surface area contributed by atoms with Gasteiger partial charge in [0.15, 0.2) is 0 Å². The summed E-state index contributed by atoms with van der Waals surface area (Å²) in [6.07, 6.45) is 1.32. The van der Waals surface area contributed by atoms with Gasteiger partial charge in [-0.15, -0.1) is 11.3 Å². The van der Waals surface area contributed by atoms with Gasteiger partial charge in [0.1, 0.15) is 0 Å². The number of anilines is 1. The van der Waals surface area contributed by atoms with E-state index in [1.807, 2.05) is 49.6 Å². The summed E-state index contributed by atoms with van der Waals surface area (Å²) in [7, 11) is 0. The van der Waals surface area contributed by atoms with E-state index in [9.17, 15) is 4.79 Å². The Kier molecular flexibility index (Phi) is 6.46. The molecule has 0 saturated carbocycles. The first kappa shape index (κ1) is 18.7. The monoisotopic (exact) mass is 387 g/mol. The molecular formula is C19H21N3O2S2. The largest absolute Gasteiger partial charge is 0.338 e. The van der Waals surface area contributed by atoms with Crippen molar-refractivity contribution in [3.63, 3.8) is 0 Å². The fraction of sp³-hybridized carbons (Fsp3) is 0.316. The minimum atomic E-state index is 0.0563. The number of rotatable bonds is 8. The highest BCUT2D eigenvalue weighted by Crippen LogP contribution is 2.23. The molecule has 2 aromatic heterocycles. The third-order valence-corrected chi connectivity index (χ3v) is 5.77. The van der Waals surface area contributed by atoms with E-state index < -0.39 is 0 Å². The van der Waals surface area contributed by atoms with Crippen LogP contribution in [0.5, 0.6) is 0 Å². The molecule has 0 aliphatic heterocycles. The fourth-order valence-electron chi connectivity index (χ4n) is 2.53. The van der Waals surface area contributed by atoms with Crippen molar-refractivity contribution in [1.82, 2.24) is 10.1 Å². The maximum atomic E-state index is 12.1. The van der Waals surface area contributed by atoms with Gasteiger partial charge in [-0.25, -0.2) is 0 Å². The highest BCUT2D eigenvalue weighted by Gasteiger charge is 2.10. The van der Waals surface area contributed by atoms with Crippen LogP contribution >= 0.6 is 23.1 Å². The van der Waals surface area contributed by atoms with Gasteiger partial charge in [0, 0.05) is 12.1 Å². The predicted molar refractivity (Wildman–Crippen MR) is 108 cm³/mol. The van der Waals surface area contributed by atoms with Crippen molar-refractivity contribution in [2.75, 3.05) is 11.1 Å². The molecule has 0 unspecified atom stereocenters. The SMILES string of the molecule is Cc1cccc(C)c1NC(=O)CCCSCc1nc(-c2cccs2)no1. The number of nitrogens with one attached hydrogen (secondary N) is 1. The normalized spacial score (nSPS) is 10.8. The van der Waals surface area contributed by atoms with Crippen LogP contribution in [-0.2, 0) is 10.5 Å². The van der Waals surface area contributed by atoms with Gasteiger partial charge in [-0.1, -0.05) is 29.4 Å². The third-order valence-electron chi connectivity index (χ3n) is 3.87. The summed E-state index contributed by atoms with van der Waals surface area (Å²) in [6.45, 7) is 4.01. The van der Waals surface area contributed by atoms with E-state index in [-0.39, 0.29) is 5.91 Å². The number of amides is 1. The zero-order valence-corrected chi connectivity index (χ0v) is 16.5. The molecule has 0 atom stereocenters. The van der Waals surface area contributed by atoms with E-state index in [1.165, 1.54) is 0 Å². The van der Waals surface area contributed by atoms with Gasteiger partial charge in [-0.05, 0) is 48.6 Å². The summed E-state index contributed by atoms with van der Waals surface area (Å²) in [5, 5.41) is 9.00. The lowest BCUT2D eigenvalue weighted by atomic mass is 10.1. The second kappa shape index (κ2) is 9.00. The molecule has 0 radical (unpaired) electrons. The maximum Gasteiger partial charge on any atom is 0.236 e. The average molecular weight is 388 g/mol. The number of aromatic nitrogens is 2. The highest BCUT2D eigenvalue weighted by molar-refractivity contribution is 7.98. The minimum absolute atomic E-state index is 0.0563. The molecule has 1 amide bonds. The van der Waals surface area contributed by atoms with E-state index in [1.54, 1.807) is 23.1 Å². The van der Waals surface area contributed by atoms with Crippen LogP contribution in [0.3, 0.4) is 0 Å². The van der Waals surface area contributed by atoms with Crippen LogP contribution in [0.25, 0.3) is 10.7 Å². The van der Waals surface area contributed by atoms with E-state index in [4.69, 9.17) is 4.52 Å². The molecule has 136 valence electrons. The molecule has 0 bridgehead atoms. The molecule has 3 rings (SSSR count). The first-order valence-corrected chi connectivity index (χ1v) is 10.5. The summed E-state index contributed by atoms with van der Waals surface area (Å²) in [5.41, 5.74) is 3.11. The van der Waals surface area contributed by atoms with Gasteiger partial charge in [-0.2, -0.15) is 16.7 Å². The van der Waals surface area contributed by atoms with Gasteiger partial charge < -0.3 is 9.84 Å². The second-order valence-electron chi connectivity index (χ2n) is 5.96. The van der Waals surface area contributed by atoms with Crippen molar-refractivity contribution in [3.05, 3.63) is 52.7 Å². The first-order chi connectivity index (χ1) is 12.6. The Balaban J connectivity index is 1.37. The number of nitrogens with zero attached hydrogens (tertiary/aromatic N) is 2. The number of thiophene rings is 1. The number of carbonyl (C=O) groups is 1. The van der Waals surface area contributed by atoms with Crippen molar-refractivity contribution in [2.45, 2.75) is 32.4 Å². The molecular weight excluding hydrogens is 366 g/mol. The molecule has 7 heteroatoms. The van der Waals surface area contributed by atoms with Crippen LogP contribution in [0.1, 0.15) is 29.9 Å². The molecule has 26 heavy (non-hydrogen) atoms. The zero-order valence-electron chi connectivity index (χ0n) is 14.8. The van der Waals surface area contributed by atoms with Crippen LogP contribution in [0.2, 0.25) is 0 Å². The summed E-state index contributed by atoms with van der Waals surface area (Å²) in [4.78, 5) is 17.5. The summed E-state index contributed by atoms with van der Waals surface area (Å²) in [6, 6.07) is 9.95. The van der Waals surface area contributed by atoms with Crippen molar-refractivity contribution in [2.24, 2.45) is 0 Å². The molecule has 2 heterocycles. The maximum absolute atomic E-state index is 12.1. The van der Waals surface area contributed by atoms with Crippen LogP contribution in [-0.4, -0.2) is 21.8 Å². The Labute approximate surface area is 161 Å².